The minimum Gasteiger partial charge on any atom is -0.336 e. The number of hydrogen-bond acceptors (Lipinski definition) is 4. The first kappa shape index (κ1) is 20.7. The molecule has 1 atom stereocenters. The first-order valence-corrected chi connectivity index (χ1v) is 10.9. The van der Waals surface area contributed by atoms with Crippen molar-refractivity contribution in [2.45, 2.75) is 11.5 Å². The van der Waals surface area contributed by atoms with Gasteiger partial charge in [0, 0.05) is 29.1 Å². The van der Waals surface area contributed by atoms with Gasteiger partial charge < -0.3 is 14.2 Å². The van der Waals surface area contributed by atoms with Gasteiger partial charge in [-0.05, 0) is 41.4 Å². The normalized spacial score (nSPS) is 13.9. The van der Waals surface area contributed by atoms with E-state index >= 15 is 0 Å². The third-order valence-corrected chi connectivity index (χ3v) is 5.71. The van der Waals surface area contributed by atoms with Gasteiger partial charge in [-0.3, -0.25) is 0 Å². The van der Waals surface area contributed by atoms with Crippen molar-refractivity contribution < 1.29 is 22.3 Å². The van der Waals surface area contributed by atoms with E-state index in [1.807, 2.05) is 0 Å². The summed E-state index contributed by atoms with van der Waals surface area (Å²) >= 11 is 10.7. The number of alkyl halides is 3. The molecule has 5 nitrogen and oxygen atoms in total. The molecule has 28 heavy (non-hydrogen) atoms. The molecule has 0 radical (unpaired) electrons. The van der Waals surface area contributed by atoms with Crippen LogP contribution in [0.5, 0.6) is 0 Å². The maximum absolute atomic E-state index is 14.5. The minimum atomic E-state index is -3.81. The van der Waals surface area contributed by atoms with Gasteiger partial charge in [0.05, 0.1) is 0 Å². The molecule has 0 fully saturated rings. The number of nitrogens with one attached hydrogen (secondary N) is 1. The fourth-order valence-corrected chi connectivity index (χ4v) is 4.40. The standard InChI is InChI=1S/C17H13Cl2F3N3O2P/c1-28(26,25-13-4-2-3-12(18)8-13)9-11-6-5-10(7-14(11)20)15-23-16(27-24-15)17(19,21)22/h2-8H,9H2,1H3,(H,25,26). The molecule has 1 unspecified atom stereocenters. The van der Waals surface area contributed by atoms with Gasteiger partial charge >= 0.3 is 11.3 Å². The van der Waals surface area contributed by atoms with Crippen LogP contribution in [0.2, 0.25) is 5.02 Å². The first-order chi connectivity index (χ1) is 13.0. The van der Waals surface area contributed by atoms with Crippen LogP contribution in [0.4, 0.5) is 18.9 Å². The van der Waals surface area contributed by atoms with Crippen molar-refractivity contribution in [2.24, 2.45) is 0 Å². The van der Waals surface area contributed by atoms with E-state index in [0.29, 0.717) is 10.7 Å². The van der Waals surface area contributed by atoms with E-state index < -0.39 is 24.4 Å². The van der Waals surface area contributed by atoms with Crippen molar-refractivity contribution in [3.05, 3.63) is 64.8 Å². The molecule has 0 saturated carbocycles. The van der Waals surface area contributed by atoms with E-state index in [4.69, 9.17) is 23.2 Å². The second-order valence-corrected chi connectivity index (χ2v) is 9.76. The Morgan fingerprint density at radius 3 is 2.61 bits per heavy atom. The molecule has 1 heterocycles. The summed E-state index contributed by atoms with van der Waals surface area (Å²) in [5.74, 6) is -2.01. The Morgan fingerprint density at radius 1 is 1.25 bits per heavy atom. The van der Waals surface area contributed by atoms with Crippen LogP contribution in [0.15, 0.2) is 47.0 Å². The maximum Gasteiger partial charge on any atom is 0.400 e. The average Bonchev–Trinajstić information content (AvgIpc) is 3.06. The predicted octanol–water partition coefficient (Wildman–Crippen LogP) is 6.34. The Hall–Kier alpha value is -2.02. The predicted molar refractivity (Wildman–Crippen MR) is 102 cm³/mol. The summed E-state index contributed by atoms with van der Waals surface area (Å²) in [4.78, 5) is 3.46. The highest BCUT2D eigenvalue weighted by molar-refractivity contribution is 7.63. The molecule has 0 aliphatic carbocycles. The van der Waals surface area contributed by atoms with Crippen LogP contribution >= 0.6 is 30.5 Å². The van der Waals surface area contributed by atoms with E-state index in [2.05, 4.69) is 19.8 Å². The van der Waals surface area contributed by atoms with E-state index in [0.717, 1.165) is 6.07 Å². The van der Waals surface area contributed by atoms with E-state index in [1.165, 1.54) is 18.8 Å². The Balaban J connectivity index is 1.78. The summed E-state index contributed by atoms with van der Waals surface area (Å²) in [6, 6.07) is 10.5. The van der Waals surface area contributed by atoms with Crippen molar-refractivity contribution in [2.75, 3.05) is 11.8 Å². The molecular formula is C17H13Cl2F3N3O2P. The van der Waals surface area contributed by atoms with E-state index in [1.54, 1.807) is 24.3 Å². The Bertz CT molecular complexity index is 1060. The smallest absolute Gasteiger partial charge is 0.336 e. The molecule has 3 rings (SSSR count). The summed E-state index contributed by atoms with van der Waals surface area (Å²) in [7, 11) is -3.00. The zero-order valence-corrected chi connectivity index (χ0v) is 16.7. The van der Waals surface area contributed by atoms with Crippen molar-refractivity contribution in [3.8, 4) is 11.4 Å². The molecule has 0 aliphatic heterocycles. The summed E-state index contributed by atoms with van der Waals surface area (Å²) in [6.07, 6.45) is -0.0805. The largest absolute Gasteiger partial charge is 0.400 e. The Morgan fingerprint density at radius 2 is 2.00 bits per heavy atom. The highest BCUT2D eigenvalue weighted by atomic mass is 35.5. The van der Waals surface area contributed by atoms with Gasteiger partial charge in [0.1, 0.15) is 5.82 Å². The van der Waals surface area contributed by atoms with E-state index in [9.17, 15) is 17.7 Å². The van der Waals surface area contributed by atoms with Gasteiger partial charge in [0.15, 0.2) is 7.29 Å². The van der Waals surface area contributed by atoms with Gasteiger partial charge in [0.2, 0.25) is 5.82 Å². The number of anilines is 1. The zero-order chi connectivity index (χ0) is 20.5. The second kappa shape index (κ2) is 7.78. The summed E-state index contributed by atoms with van der Waals surface area (Å²) in [5.41, 5.74) is 0.845. The molecular weight excluding hydrogens is 437 g/mol. The molecule has 0 bridgehead atoms. The minimum absolute atomic E-state index is 0.0805. The molecule has 148 valence electrons. The summed E-state index contributed by atoms with van der Waals surface area (Å²) < 4.78 is 57.6. The monoisotopic (exact) mass is 449 g/mol. The molecule has 0 saturated heterocycles. The highest BCUT2D eigenvalue weighted by Gasteiger charge is 2.35. The molecule has 2 aromatic carbocycles. The van der Waals surface area contributed by atoms with Crippen molar-refractivity contribution >= 4 is 36.2 Å². The molecule has 0 aliphatic rings. The van der Waals surface area contributed by atoms with Crippen molar-refractivity contribution in [1.29, 1.82) is 0 Å². The van der Waals surface area contributed by atoms with E-state index in [-0.39, 0.29) is 23.1 Å². The average molecular weight is 450 g/mol. The van der Waals surface area contributed by atoms with Gasteiger partial charge in [-0.15, -0.1) is 0 Å². The molecule has 0 amide bonds. The van der Waals surface area contributed by atoms with Gasteiger partial charge in [-0.1, -0.05) is 35.0 Å². The second-order valence-electron chi connectivity index (χ2n) is 6.11. The van der Waals surface area contributed by atoms with Crippen LogP contribution in [0.1, 0.15) is 11.5 Å². The van der Waals surface area contributed by atoms with Crippen LogP contribution in [0.25, 0.3) is 11.4 Å². The molecule has 1 N–H and O–H groups in total. The lowest BCUT2D eigenvalue weighted by Gasteiger charge is -2.17. The van der Waals surface area contributed by atoms with Crippen molar-refractivity contribution in [1.82, 2.24) is 10.1 Å². The molecule has 1 aromatic heterocycles. The van der Waals surface area contributed by atoms with Crippen LogP contribution in [0.3, 0.4) is 0 Å². The number of aromatic nitrogens is 2. The van der Waals surface area contributed by atoms with Crippen LogP contribution in [0, 0.1) is 5.82 Å². The fraction of sp³-hybridized carbons (Fsp3) is 0.176. The lowest BCUT2D eigenvalue weighted by atomic mass is 10.1. The first-order valence-electron chi connectivity index (χ1n) is 7.84. The number of nitrogens with zero attached hydrogens (tertiary/aromatic N) is 2. The number of halogens is 5. The number of benzene rings is 2. The Labute approximate surface area is 168 Å². The number of hydrogen-bond donors (Lipinski definition) is 1. The lowest BCUT2D eigenvalue weighted by molar-refractivity contribution is 0.0551. The van der Waals surface area contributed by atoms with Gasteiger partial charge in [0.25, 0.3) is 0 Å². The molecule has 11 heteroatoms. The summed E-state index contributed by atoms with van der Waals surface area (Å²) in [5, 5.41) is 2.89. The Kier molecular flexibility index (Phi) is 5.75. The quantitative estimate of drug-likeness (QED) is 0.351. The molecule has 0 spiro atoms. The third kappa shape index (κ3) is 5.07. The molecule has 3 aromatic rings. The number of rotatable bonds is 6. The zero-order valence-electron chi connectivity index (χ0n) is 14.3. The SMILES string of the molecule is CP(=O)(Cc1ccc(-c2noc(C(F)(F)Cl)n2)cc1F)Nc1cccc(Cl)c1. The lowest BCUT2D eigenvalue weighted by Crippen LogP contribution is -2.03. The van der Waals surface area contributed by atoms with Crippen LogP contribution in [-0.2, 0) is 16.1 Å². The summed E-state index contributed by atoms with van der Waals surface area (Å²) in [6.45, 7) is 1.48. The third-order valence-electron chi connectivity index (χ3n) is 3.64. The van der Waals surface area contributed by atoms with Crippen LogP contribution in [-0.4, -0.2) is 16.8 Å². The van der Waals surface area contributed by atoms with Crippen LogP contribution < -0.4 is 5.09 Å². The van der Waals surface area contributed by atoms with Crippen molar-refractivity contribution in [3.63, 3.8) is 0 Å². The topological polar surface area (TPSA) is 68.0 Å². The van der Waals surface area contributed by atoms with Gasteiger partial charge in [-0.25, -0.2) is 4.39 Å². The highest BCUT2D eigenvalue weighted by Crippen LogP contribution is 2.46. The maximum atomic E-state index is 14.5. The van der Waals surface area contributed by atoms with Gasteiger partial charge in [-0.2, -0.15) is 13.8 Å². The fourth-order valence-electron chi connectivity index (χ4n) is 2.47.